The van der Waals surface area contributed by atoms with E-state index >= 15 is 0 Å². The van der Waals surface area contributed by atoms with Gasteiger partial charge in [0.25, 0.3) is 0 Å². The summed E-state index contributed by atoms with van der Waals surface area (Å²) in [6.07, 6.45) is 6.53. The van der Waals surface area contributed by atoms with Crippen LogP contribution >= 0.6 is 23.4 Å². The van der Waals surface area contributed by atoms with Crippen LogP contribution in [0.1, 0.15) is 44.1 Å². The lowest BCUT2D eigenvalue weighted by Gasteiger charge is -2.58. The number of urea groups is 1. The molecule has 1 aliphatic heterocycles. The lowest BCUT2D eigenvalue weighted by molar-refractivity contribution is -0.126. The Morgan fingerprint density at radius 1 is 1.03 bits per heavy atom. The average Bonchev–Trinajstić information content (AvgIpc) is 2.68. The molecule has 3 N–H and O–H groups in total. The zero-order chi connectivity index (χ0) is 20.3. The molecule has 1 saturated heterocycles. The molecule has 1 aromatic carbocycles. The molecule has 0 aromatic heterocycles. The van der Waals surface area contributed by atoms with Gasteiger partial charge in [-0.1, -0.05) is 23.7 Å². The van der Waals surface area contributed by atoms with Crippen molar-refractivity contribution < 1.29 is 9.59 Å². The van der Waals surface area contributed by atoms with Crippen LogP contribution in [0.25, 0.3) is 0 Å². The van der Waals surface area contributed by atoms with Gasteiger partial charge in [-0.25, -0.2) is 4.79 Å². The molecule has 158 valence electrons. The van der Waals surface area contributed by atoms with Crippen molar-refractivity contribution in [2.75, 3.05) is 18.1 Å². The second-order valence-electron chi connectivity index (χ2n) is 8.96. The second-order valence-corrected chi connectivity index (χ2v) is 10.6. The summed E-state index contributed by atoms with van der Waals surface area (Å²) in [7, 11) is 0. The third kappa shape index (κ3) is 5.40. The molecule has 4 rings (SSSR count). The van der Waals surface area contributed by atoms with Crippen molar-refractivity contribution in [3.05, 3.63) is 34.9 Å². The third-order valence-corrected chi connectivity index (χ3v) is 7.96. The molecule has 0 bridgehead atoms. The molecule has 5 nitrogen and oxygen atoms in total. The van der Waals surface area contributed by atoms with Crippen molar-refractivity contribution >= 4 is 35.3 Å². The van der Waals surface area contributed by atoms with Gasteiger partial charge in [-0.05, 0) is 79.1 Å². The van der Waals surface area contributed by atoms with Gasteiger partial charge < -0.3 is 16.0 Å². The van der Waals surface area contributed by atoms with E-state index in [4.69, 9.17) is 11.6 Å². The van der Waals surface area contributed by atoms with Crippen LogP contribution in [0.15, 0.2) is 24.3 Å². The predicted octanol–water partition coefficient (Wildman–Crippen LogP) is 3.96. The third-order valence-electron chi connectivity index (χ3n) is 6.66. The van der Waals surface area contributed by atoms with Crippen molar-refractivity contribution in [1.29, 1.82) is 0 Å². The maximum Gasteiger partial charge on any atom is 0.315 e. The van der Waals surface area contributed by atoms with E-state index in [2.05, 4.69) is 16.0 Å². The molecule has 0 unspecified atom stereocenters. The summed E-state index contributed by atoms with van der Waals surface area (Å²) < 4.78 is 0. The van der Waals surface area contributed by atoms with Gasteiger partial charge in [-0.3, -0.25) is 4.79 Å². The first-order chi connectivity index (χ1) is 14.0. The van der Waals surface area contributed by atoms with E-state index in [-0.39, 0.29) is 23.9 Å². The number of carbonyl (C=O) groups is 2. The molecule has 1 heterocycles. The first-order valence-corrected chi connectivity index (χ1v) is 12.2. The molecule has 3 amide bonds. The Kier molecular flexibility index (Phi) is 6.60. The van der Waals surface area contributed by atoms with Crippen LogP contribution in [0.2, 0.25) is 5.02 Å². The molecule has 1 spiro atoms. The zero-order valence-electron chi connectivity index (χ0n) is 16.7. The predicted molar refractivity (Wildman–Crippen MR) is 118 cm³/mol. The van der Waals surface area contributed by atoms with Crippen LogP contribution in [0.4, 0.5) is 4.79 Å². The largest absolute Gasteiger partial charge is 0.356 e. The van der Waals surface area contributed by atoms with E-state index in [1.807, 2.05) is 36.0 Å². The van der Waals surface area contributed by atoms with E-state index in [1.165, 1.54) is 12.8 Å². The Bertz CT molecular complexity index is 722. The Balaban J connectivity index is 1.08. The van der Waals surface area contributed by atoms with Crippen LogP contribution in [0, 0.1) is 17.3 Å². The minimum atomic E-state index is -0.103. The SMILES string of the molecule is O=C(NCc1ccc(Cl)cc1)NC1CC2(CC(CNC(=O)C3CCSCC3)C2)C1. The van der Waals surface area contributed by atoms with Gasteiger partial charge in [0.1, 0.15) is 0 Å². The highest BCUT2D eigenvalue weighted by Crippen LogP contribution is 2.58. The summed E-state index contributed by atoms with van der Waals surface area (Å²) in [5.41, 5.74) is 1.44. The quantitative estimate of drug-likeness (QED) is 0.633. The van der Waals surface area contributed by atoms with Crippen molar-refractivity contribution in [1.82, 2.24) is 16.0 Å². The first-order valence-electron chi connectivity index (χ1n) is 10.7. The molecule has 29 heavy (non-hydrogen) atoms. The van der Waals surface area contributed by atoms with Crippen LogP contribution in [-0.2, 0) is 11.3 Å². The van der Waals surface area contributed by atoms with Gasteiger partial charge in [0.05, 0.1) is 0 Å². The lowest BCUT2D eigenvalue weighted by Crippen LogP contribution is -2.58. The van der Waals surface area contributed by atoms with E-state index in [1.54, 1.807) is 0 Å². The normalized spacial score (nSPS) is 28.9. The Morgan fingerprint density at radius 2 is 1.72 bits per heavy atom. The summed E-state index contributed by atoms with van der Waals surface area (Å²) in [6.45, 7) is 1.33. The minimum Gasteiger partial charge on any atom is -0.356 e. The number of hydrogen-bond donors (Lipinski definition) is 3. The summed E-state index contributed by atoms with van der Waals surface area (Å²) in [5.74, 6) is 3.33. The fraction of sp³-hybridized carbons (Fsp3) is 0.636. The summed E-state index contributed by atoms with van der Waals surface area (Å²) >= 11 is 7.83. The van der Waals surface area contributed by atoms with Crippen molar-refractivity contribution in [3.63, 3.8) is 0 Å². The van der Waals surface area contributed by atoms with Crippen LogP contribution in [-0.4, -0.2) is 36.0 Å². The van der Waals surface area contributed by atoms with E-state index in [0.717, 1.165) is 49.3 Å². The molecule has 0 atom stereocenters. The monoisotopic (exact) mass is 435 g/mol. The Morgan fingerprint density at radius 3 is 2.41 bits per heavy atom. The van der Waals surface area contributed by atoms with Crippen LogP contribution in [0.3, 0.4) is 0 Å². The molecule has 3 aliphatic rings. The van der Waals surface area contributed by atoms with E-state index in [0.29, 0.717) is 22.9 Å². The number of rotatable bonds is 6. The Hall–Kier alpha value is -1.40. The number of amides is 3. The highest BCUT2D eigenvalue weighted by atomic mass is 35.5. The van der Waals surface area contributed by atoms with Gasteiger partial charge in [-0.2, -0.15) is 11.8 Å². The molecule has 3 fully saturated rings. The number of nitrogens with one attached hydrogen (secondary N) is 3. The fourth-order valence-electron chi connectivity index (χ4n) is 5.10. The van der Waals surface area contributed by atoms with E-state index in [9.17, 15) is 9.59 Å². The summed E-state index contributed by atoms with van der Waals surface area (Å²) in [6, 6.07) is 7.67. The molecular weight excluding hydrogens is 406 g/mol. The summed E-state index contributed by atoms with van der Waals surface area (Å²) in [4.78, 5) is 24.4. The molecule has 0 radical (unpaired) electrons. The van der Waals surface area contributed by atoms with Crippen molar-refractivity contribution in [3.8, 4) is 0 Å². The number of carbonyl (C=O) groups excluding carboxylic acids is 2. The van der Waals surface area contributed by atoms with Crippen LogP contribution < -0.4 is 16.0 Å². The van der Waals surface area contributed by atoms with Gasteiger partial charge in [0.2, 0.25) is 5.91 Å². The van der Waals surface area contributed by atoms with Gasteiger partial charge >= 0.3 is 6.03 Å². The first kappa shape index (κ1) is 20.9. The van der Waals surface area contributed by atoms with Crippen molar-refractivity contribution in [2.45, 2.75) is 51.1 Å². The molecule has 2 aliphatic carbocycles. The maximum atomic E-state index is 12.3. The standard InChI is InChI=1S/C22H30ClN3O2S/c23-18-3-1-15(2-4-18)13-25-21(28)26-19-11-22(12-19)9-16(10-22)14-24-20(27)17-5-7-29-8-6-17/h1-4,16-17,19H,5-14H2,(H,24,27)(H2,25,26,28). The highest BCUT2D eigenvalue weighted by molar-refractivity contribution is 7.99. The van der Waals surface area contributed by atoms with Crippen molar-refractivity contribution in [2.24, 2.45) is 17.3 Å². The highest BCUT2D eigenvalue weighted by Gasteiger charge is 2.52. The maximum absolute atomic E-state index is 12.3. The lowest BCUT2D eigenvalue weighted by atomic mass is 9.50. The fourth-order valence-corrected chi connectivity index (χ4v) is 6.33. The van der Waals surface area contributed by atoms with Gasteiger partial charge in [-0.15, -0.1) is 0 Å². The average molecular weight is 436 g/mol. The summed E-state index contributed by atoms with van der Waals surface area (Å²) in [5, 5.41) is 9.87. The number of halogens is 1. The number of benzene rings is 1. The smallest absolute Gasteiger partial charge is 0.315 e. The molecular formula is C22H30ClN3O2S. The molecule has 7 heteroatoms. The number of thioether (sulfide) groups is 1. The second kappa shape index (κ2) is 9.17. The topological polar surface area (TPSA) is 70.2 Å². The van der Waals surface area contributed by atoms with Gasteiger partial charge in [0.15, 0.2) is 0 Å². The van der Waals surface area contributed by atoms with E-state index < -0.39 is 0 Å². The number of hydrogen-bond acceptors (Lipinski definition) is 3. The van der Waals surface area contributed by atoms with Gasteiger partial charge in [0, 0.05) is 30.1 Å². The Labute approximate surface area is 182 Å². The molecule has 1 aromatic rings. The minimum absolute atomic E-state index is 0.103. The zero-order valence-corrected chi connectivity index (χ0v) is 18.3. The van der Waals surface area contributed by atoms with Crippen LogP contribution in [0.5, 0.6) is 0 Å². The molecule has 2 saturated carbocycles.